The summed E-state index contributed by atoms with van der Waals surface area (Å²) in [6.45, 7) is 7.54. The van der Waals surface area contributed by atoms with Crippen molar-refractivity contribution in [3.05, 3.63) is 0 Å². The first-order chi connectivity index (χ1) is 15.2. The molecule has 0 radical (unpaired) electrons. The van der Waals surface area contributed by atoms with Crippen LogP contribution in [-0.2, 0) is 9.53 Å². The van der Waals surface area contributed by atoms with E-state index in [2.05, 4.69) is 20.8 Å². The molecule has 0 N–H and O–H groups in total. The zero-order valence-corrected chi connectivity index (χ0v) is 21.9. The van der Waals surface area contributed by atoms with Crippen LogP contribution in [0.2, 0.25) is 0 Å². The molecular formula is C29H58O2. The van der Waals surface area contributed by atoms with Crippen molar-refractivity contribution in [2.75, 3.05) is 6.61 Å². The minimum atomic E-state index is 0.0217. The summed E-state index contributed by atoms with van der Waals surface area (Å²) in [4.78, 5) is 11.8. The van der Waals surface area contributed by atoms with Gasteiger partial charge in [0.05, 0.1) is 6.61 Å². The van der Waals surface area contributed by atoms with E-state index >= 15 is 0 Å². The topological polar surface area (TPSA) is 26.3 Å². The molecule has 31 heavy (non-hydrogen) atoms. The predicted octanol–water partition coefficient (Wildman–Crippen LogP) is 10.2. The summed E-state index contributed by atoms with van der Waals surface area (Å²) < 4.78 is 5.39. The Hall–Kier alpha value is -0.530. The summed E-state index contributed by atoms with van der Waals surface area (Å²) in [7, 11) is 0. The van der Waals surface area contributed by atoms with E-state index in [0.29, 0.717) is 13.0 Å². The van der Waals surface area contributed by atoms with Crippen molar-refractivity contribution >= 4 is 5.97 Å². The van der Waals surface area contributed by atoms with Crippen molar-refractivity contribution < 1.29 is 9.53 Å². The third kappa shape index (κ3) is 27.4. The molecule has 0 rings (SSSR count). The molecule has 0 heterocycles. The van der Waals surface area contributed by atoms with E-state index in [-0.39, 0.29) is 5.97 Å². The van der Waals surface area contributed by atoms with E-state index in [1.54, 1.807) is 0 Å². The van der Waals surface area contributed by atoms with Gasteiger partial charge < -0.3 is 4.74 Å². The van der Waals surface area contributed by atoms with Crippen molar-refractivity contribution in [3.8, 4) is 0 Å². The Morgan fingerprint density at radius 3 is 1.39 bits per heavy atom. The number of carbonyl (C=O) groups excluding carboxylic acids is 1. The van der Waals surface area contributed by atoms with E-state index in [0.717, 1.165) is 18.8 Å². The van der Waals surface area contributed by atoms with Gasteiger partial charge in [0, 0.05) is 6.42 Å². The minimum Gasteiger partial charge on any atom is -0.466 e. The molecule has 0 aromatic heterocycles. The average Bonchev–Trinajstić information content (AvgIpc) is 2.75. The van der Waals surface area contributed by atoms with E-state index in [4.69, 9.17) is 4.74 Å². The van der Waals surface area contributed by atoms with Gasteiger partial charge in [0.1, 0.15) is 0 Å². The first-order valence-electron chi connectivity index (χ1n) is 14.3. The summed E-state index contributed by atoms with van der Waals surface area (Å²) in [5.74, 6) is 0.882. The maximum Gasteiger partial charge on any atom is 0.305 e. The first kappa shape index (κ1) is 30.5. The maximum atomic E-state index is 11.8. The van der Waals surface area contributed by atoms with Crippen molar-refractivity contribution in [2.45, 2.75) is 168 Å². The van der Waals surface area contributed by atoms with Gasteiger partial charge in [0.15, 0.2) is 0 Å². The number of hydrogen-bond donors (Lipinski definition) is 0. The third-order valence-corrected chi connectivity index (χ3v) is 6.42. The number of unbranched alkanes of at least 4 members (excludes halogenated alkanes) is 19. The lowest BCUT2D eigenvalue weighted by atomic mass is 10.0. The second kappa shape index (κ2) is 25.7. The molecule has 0 aliphatic rings. The van der Waals surface area contributed by atoms with Gasteiger partial charge in [-0.3, -0.25) is 4.79 Å². The van der Waals surface area contributed by atoms with Crippen LogP contribution in [0.4, 0.5) is 0 Å². The zero-order valence-electron chi connectivity index (χ0n) is 21.9. The fraction of sp³-hybridized carbons (Fsp3) is 0.966. The molecule has 0 amide bonds. The molecule has 0 aromatic rings. The van der Waals surface area contributed by atoms with Crippen LogP contribution in [-0.4, -0.2) is 12.6 Å². The van der Waals surface area contributed by atoms with E-state index in [1.165, 1.54) is 128 Å². The SMILES string of the molecule is CCCCCCCCCCCCCCC(=O)OCCCCCCCCCCCC(C)C. The van der Waals surface area contributed by atoms with E-state index in [1.807, 2.05) is 0 Å². The molecule has 0 atom stereocenters. The number of ether oxygens (including phenoxy) is 1. The molecule has 0 aliphatic heterocycles. The van der Waals surface area contributed by atoms with Crippen molar-refractivity contribution in [2.24, 2.45) is 5.92 Å². The van der Waals surface area contributed by atoms with Gasteiger partial charge in [-0.1, -0.05) is 149 Å². The molecule has 0 bridgehead atoms. The van der Waals surface area contributed by atoms with Crippen LogP contribution in [0, 0.1) is 5.92 Å². The fourth-order valence-electron chi connectivity index (χ4n) is 4.26. The largest absolute Gasteiger partial charge is 0.466 e. The second-order valence-electron chi connectivity index (χ2n) is 10.2. The molecule has 2 nitrogen and oxygen atoms in total. The average molecular weight is 439 g/mol. The smallest absolute Gasteiger partial charge is 0.305 e. The van der Waals surface area contributed by atoms with E-state index in [9.17, 15) is 4.79 Å². The summed E-state index contributed by atoms with van der Waals surface area (Å²) in [6.07, 6.45) is 29.9. The summed E-state index contributed by atoms with van der Waals surface area (Å²) in [6, 6.07) is 0. The van der Waals surface area contributed by atoms with Gasteiger partial charge in [-0.25, -0.2) is 0 Å². The van der Waals surface area contributed by atoms with Gasteiger partial charge in [-0.15, -0.1) is 0 Å². The first-order valence-corrected chi connectivity index (χ1v) is 14.3. The standard InChI is InChI=1S/C29H58O2/c1-4-5-6-7-8-9-10-11-14-17-20-23-26-29(30)31-27-24-21-18-15-12-13-16-19-22-25-28(2)3/h28H,4-27H2,1-3H3. The molecular weight excluding hydrogens is 380 g/mol. The minimum absolute atomic E-state index is 0.0217. The highest BCUT2D eigenvalue weighted by Gasteiger charge is 2.02. The van der Waals surface area contributed by atoms with Crippen LogP contribution in [0.5, 0.6) is 0 Å². The highest BCUT2D eigenvalue weighted by Crippen LogP contribution is 2.14. The highest BCUT2D eigenvalue weighted by molar-refractivity contribution is 5.69. The third-order valence-electron chi connectivity index (χ3n) is 6.42. The lowest BCUT2D eigenvalue weighted by Crippen LogP contribution is -2.05. The molecule has 186 valence electrons. The van der Waals surface area contributed by atoms with Crippen LogP contribution < -0.4 is 0 Å². The lowest BCUT2D eigenvalue weighted by Gasteiger charge is -2.06. The molecule has 0 unspecified atom stereocenters. The number of carbonyl (C=O) groups is 1. The Morgan fingerprint density at radius 2 is 0.935 bits per heavy atom. The van der Waals surface area contributed by atoms with Crippen LogP contribution >= 0.6 is 0 Å². The molecule has 0 aromatic carbocycles. The Bertz CT molecular complexity index is 351. The Balaban J connectivity index is 3.15. The van der Waals surface area contributed by atoms with Gasteiger partial charge in [0.2, 0.25) is 0 Å². The lowest BCUT2D eigenvalue weighted by molar-refractivity contribution is -0.143. The Morgan fingerprint density at radius 1 is 0.548 bits per heavy atom. The fourth-order valence-corrected chi connectivity index (χ4v) is 4.26. The summed E-state index contributed by atoms with van der Waals surface area (Å²) in [5.41, 5.74) is 0. The Labute approximate surface area is 196 Å². The van der Waals surface area contributed by atoms with Crippen molar-refractivity contribution in [1.29, 1.82) is 0 Å². The maximum absolute atomic E-state index is 11.8. The molecule has 0 fully saturated rings. The van der Waals surface area contributed by atoms with Gasteiger partial charge in [-0.05, 0) is 18.8 Å². The summed E-state index contributed by atoms with van der Waals surface area (Å²) >= 11 is 0. The van der Waals surface area contributed by atoms with Crippen molar-refractivity contribution in [3.63, 3.8) is 0 Å². The van der Waals surface area contributed by atoms with Crippen LogP contribution in [0.15, 0.2) is 0 Å². The normalized spacial score (nSPS) is 11.4. The summed E-state index contributed by atoms with van der Waals surface area (Å²) in [5, 5.41) is 0. The molecule has 0 aliphatic carbocycles. The quantitative estimate of drug-likeness (QED) is 0.105. The second-order valence-corrected chi connectivity index (χ2v) is 10.2. The van der Waals surface area contributed by atoms with Crippen LogP contribution in [0.1, 0.15) is 168 Å². The molecule has 0 spiro atoms. The monoisotopic (exact) mass is 438 g/mol. The highest BCUT2D eigenvalue weighted by atomic mass is 16.5. The van der Waals surface area contributed by atoms with Crippen LogP contribution in [0.25, 0.3) is 0 Å². The van der Waals surface area contributed by atoms with Gasteiger partial charge in [0.25, 0.3) is 0 Å². The Kier molecular flexibility index (Phi) is 25.3. The van der Waals surface area contributed by atoms with E-state index < -0.39 is 0 Å². The number of hydrogen-bond acceptors (Lipinski definition) is 2. The number of rotatable bonds is 25. The molecule has 2 heteroatoms. The van der Waals surface area contributed by atoms with Crippen molar-refractivity contribution in [1.82, 2.24) is 0 Å². The van der Waals surface area contributed by atoms with Crippen LogP contribution in [0.3, 0.4) is 0 Å². The number of esters is 1. The van der Waals surface area contributed by atoms with Gasteiger partial charge in [-0.2, -0.15) is 0 Å². The molecule has 0 saturated carbocycles. The van der Waals surface area contributed by atoms with Gasteiger partial charge >= 0.3 is 5.97 Å². The zero-order chi connectivity index (χ0) is 22.8. The molecule has 0 saturated heterocycles. The predicted molar refractivity (Wildman–Crippen MR) is 138 cm³/mol.